The van der Waals surface area contributed by atoms with Crippen LogP contribution in [0.25, 0.3) is 0 Å². The lowest BCUT2D eigenvalue weighted by Gasteiger charge is -2.12. The fraction of sp³-hybridized carbons (Fsp3) is 0.700. The van der Waals surface area contributed by atoms with Crippen molar-refractivity contribution in [2.75, 3.05) is 0 Å². The molecule has 0 radical (unpaired) electrons. The van der Waals surface area contributed by atoms with Gasteiger partial charge in [-0.3, -0.25) is 4.68 Å². The summed E-state index contributed by atoms with van der Waals surface area (Å²) in [5, 5.41) is 4.44. The lowest BCUT2D eigenvalue weighted by atomic mass is 10.1. The van der Waals surface area contributed by atoms with Crippen molar-refractivity contribution >= 4 is 0 Å². The molecule has 2 N–H and O–H groups in total. The Morgan fingerprint density at radius 2 is 2.00 bits per heavy atom. The van der Waals surface area contributed by atoms with Crippen LogP contribution in [0, 0.1) is 0 Å². The quantitative estimate of drug-likeness (QED) is 0.775. The highest BCUT2D eigenvalue weighted by Gasteiger charge is 2.11. The van der Waals surface area contributed by atoms with Crippen molar-refractivity contribution in [1.82, 2.24) is 9.78 Å². The zero-order valence-electron chi connectivity index (χ0n) is 8.91. The second-order valence-corrected chi connectivity index (χ2v) is 3.96. The second-order valence-electron chi connectivity index (χ2n) is 3.96. The Labute approximate surface area is 79.9 Å². The summed E-state index contributed by atoms with van der Waals surface area (Å²) in [7, 11) is 0. The first-order chi connectivity index (χ1) is 6.06. The van der Waals surface area contributed by atoms with Gasteiger partial charge in [0.25, 0.3) is 0 Å². The fourth-order valence-corrected chi connectivity index (χ4v) is 1.41. The Kier molecular flexibility index (Phi) is 3.09. The third-order valence-electron chi connectivity index (χ3n) is 2.11. The van der Waals surface area contributed by atoms with Crippen LogP contribution >= 0.6 is 0 Å². The molecule has 0 aliphatic rings. The number of aromatic nitrogens is 2. The minimum Gasteiger partial charge on any atom is -0.325 e. The average molecular weight is 181 g/mol. The van der Waals surface area contributed by atoms with Crippen molar-refractivity contribution in [2.24, 2.45) is 5.73 Å². The fourth-order valence-electron chi connectivity index (χ4n) is 1.41. The second kappa shape index (κ2) is 3.92. The van der Waals surface area contributed by atoms with Crippen molar-refractivity contribution in [3.8, 4) is 0 Å². The Balaban J connectivity index is 3.08. The highest BCUT2D eigenvalue weighted by Crippen LogP contribution is 2.19. The van der Waals surface area contributed by atoms with E-state index in [-0.39, 0.29) is 0 Å². The number of hydrogen-bond acceptors (Lipinski definition) is 2. The largest absolute Gasteiger partial charge is 0.325 e. The lowest BCUT2D eigenvalue weighted by Crippen LogP contribution is -2.09. The third kappa shape index (κ3) is 2.10. The Morgan fingerprint density at radius 3 is 2.31 bits per heavy atom. The van der Waals surface area contributed by atoms with Gasteiger partial charge in [0, 0.05) is 18.3 Å². The van der Waals surface area contributed by atoms with Gasteiger partial charge in [-0.2, -0.15) is 5.10 Å². The molecule has 0 amide bonds. The summed E-state index contributed by atoms with van der Waals surface area (Å²) in [6.07, 6.45) is 0. The van der Waals surface area contributed by atoms with Gasteiger partial charge < -0.3 is 5.73 Å². The number of hydrogen-bond donors (Lipinski definition) is 1. The summed E-state index contributed by atoms with van der Waals surface area (Å²) in [4.78, 5) is 0. The van der Waals surface area contributed by atoms with Crippen LogP contribution < -0.4 is 5.73 Å². The van der Waals surface area contributed by atoms with Crippen molar-refractivity contribution < 1.29 is 0 Å². The molecule has 0 atom stereocenters. The molecular formula is C10H19N3. The van der Waals surface area contributed by atoms with Gasteiger partial charge in [0.15, 0.2) is 0 Å². The average Bonchev–Trinajstić information content (AvgIpc) is 2.47. The van der Waals surface area contributed by atoms with Crippen molar-refractivity contribution in [2.45, 2.75) is 46.2 Å². The molecule has 0 aliphatic heterocycles. The van der Waals surface area contributed by atoms with Crippen LogP contribution in [0.15, 0.2) is 6.07 Å². The molecule has 13 heavy (non-hydrogen) atoms. The summed E-state index contributed by atoms with van der Waals surface area (Å²) >= 11 is 0. The number of nitrogens with zero attached hydrogens (tertiary/aromatic N) is 2. The Hall–Kier alpha value is -0.830. The van der Waals surface area contributed by atoms with E-state index in [9.17, 15) is 0 Å². The van der Waals surface area contributed by atoms with Gasteiger partial charge in [-0.15, -0.1) is 0 Å². The lowest BCUT2D eigenvalue weighted by molar-refractivity contribution is 0.494. The first-order valence-electron chi connectivity index (χ1n) is 4.84. The van der Waals surface area contributed by atoms with Gasteiger partial charge >= 0.3 is 0 Å². The molecule has 0 saturated carbocycles. The maximum Gasteiger partial charge on any atom is 0.0763 e. The molecule has 1 rings (SSSR count). The molecule has 1 aromatic heterocycles. The predicted molar refractivity (Wildman–Crippen MR) is 54.6 cm³/mol. The van der Waals surface area contributed by atoms with E-state index in [1.54, 1.807) is 0 Å². The summed E-state index contributed by atoms with van der Waals surface area (Å²) < 4.78 is 2.06. The van der Waals surface area contributed by atoms with Gasteiger partial charge in [-0.05, 0) is 25.8 Å². The molecule has 1 aromatic rings. The molecule has 74 valence electrons. The first-order valence-corrected chi connectivity index (χ1v) is 4.84. The van der Waals surface area contributed by atoms with Crippen molar-refractivity contribution in [3.63, 3.8) is 0 Å². The van der Waals surface area contributed by atoms with E-state index in [2.05, 4.69) is 43.5 Å². The highest BCUT2D eigenvalue weighted by atomic mass is 15.3. The van der Waals surface area contributed by atoms with Gasteiger partial charge in [-0.1, -0.05) is 13.8 Å². The van der Waals surface area contributed by atoms with Crippen LogP contribution in [0.3, 0.4) is 0 Å². The Bertz CT molecular complexity index is 248. The van der Waals surface area contributed by atoms with Crippen LogP contribution in [0.1, 0.15) is 51.0 Å². The molecule has 1 heterocycles. The van der Waals surface area contributed by atoms with E-state index in [1.165, 1.54) is 5.69 Å². The van der Waals surface area contributed by atoms with Gasteiger partial charge in [0.2, 0.25) is 0 Å². The standard InChI is InChI=1S/C10H19N3/c1-7(2)10-5-9(6-11)12-13(10)8(3)4/h5,7-8H,6,11H2,1-4H3. The SMILES string of the molecule is CC(C)c1cc(CN)nn1C(C)C. The maximum absolute atomic E-state index is 5.56. The van der Waals surface area contributed by atoms with Crippen molar-refractivity contribution in [3.05, 3.63) is 17.5 Å². The molecule has 0 bridgehead atoms. The molecule has 3 heteroatoms. The van der Waals surface area contributed by atoms with Crippen LogP contribution in [0.4, 0.5) is 0 Å². The minimum absolute atomic E-state index is 0.415. The number of rotatable bonds is 3. The van der Waals surface area contributed by atoms with Gasteiger partial charge in [0.1, 0.15) is 0 Å². The minimum atomic E-state index is 0.415. The zero-order valence-corrected chi connectivity index (χ0v) is 8.91. The smallest absolute Gasteiger partial charge is 0.0763 e. The van der Waals surface area contributed by atoms with Gasteiger partial charge in [0.05, 0.1) is 5.69 Å². The maximum atomic E-state index is 5.56. The summed E-state index contributed by atoms with van der Waals surface area (Å²) in [5.41, 5.74) is 7.81. The Morgan fingerprint density at radius 1 is 1.38 bits per heavy atom. The molecular weight excluding hydrogens is 162 g/mol. The normalized spacial score (nSPS) is 11.6. The van der Waals surface area contributed by atoms with E-state index in [0.717, 1.165) is 5.69 Å². The first kappa shape index (κ1) is 10.3. The molecule has 0 saturated heterocycles. The van der Waals surface area contributed by atoms with Crippen molar-refractivity contribution in [1.29, 1.82) is 0 Å². The van der Waals surface area contributed by atoms with Crippen LogP contribution in [-0.4, -0.2) is 9.78 Å². The zero-order chi connectivity index (χ0) is 10.0. The molecule has 0 aliphatic carbocycles. The topological polar surface area (TPSA) is 43.8 Å². The van der Waals surface area contributed by atoms with Gasteiger partial charge in [-0.25, -0.2) is 0 Å². The number of nitrogens with two attached hydrogens (primary N) is 1. The highest BCUT2D eigenvalue weighted by molar-refractivity contribution is 5.14. The molecule has 3 nitrogen and oxygen atoms in total. The summed E-state index contributed by atoms with van der Waals surface area (Å²) in [6, 6.07) is 2.52. The van der Waals surface area contributed by atoms with Crippen LogP contribution in [0.2, 0.25) is 0 Å². The molecule has 0 unspecified atom stereocenters. The summed E-state index contributed by atoms with van der Waals surface area (Å²) in [6.45, 7) is 9.16. The summed E-state index contributed by atoms with van der Waals surface area (Å²) in [5.74, 6) is 0.509. The van der Waals surface area contributed by atoms with E-state index < -0.39 is 0 Å². The van der Waals surface area contributed by atoms with E-state index in [0.29, 0.717) is 18.5 Å². The van der Waals surface area contributed by atoms with Crippen LogP contribution in [0.5, 0.6) is 0 Å². The van der Waals surface area contributed by atoms with E-state index >= 15 is 0 Å². The molecule has 0 fully saturated rings. The third-order valence-corrected chi connectivity index (χ3v) is 2.11. The molecule has 0 spiro atoms. The molecule has 0 aromatic carbocycles. The van der Waals surface area contributed by atoms with E-state index in [1.807, 2.05) is 0 Å². The predicted octanol–water partition coefficient (Wildman–Crippen LogP) is 2.05. The monoisotopic (exact) mass is 181 g/mol. The van der Waals surface area contributed by atoms with E-state index in [4.69, 9.17) is 5.73 Å². The van der Waals surface area contributed by atoms with Crippen LogP contribution in [-0.2, 0) is 6.54 Å².